The molecule has 3 nitrogen and oxygen atoms in total. The molecule has 0 amide bonds. The van der Waals surface area contributed by atoms with E-state index in [4.69, 9.17) is 0 Å². The molecule has 1 aliphatic carbocycles. The molecule has 1 rings (SSSR count). The summed E-state index contributed by atoms with van der Waals surface area (Å²) in [5, 5.41) is 0. The number of rotatable bonds is 2. The zero-order valence-electron chi connectivity index (χ0n) is 6.79. The summed E-state index contributed by atoms with van der Waals surface area (Å²) >= 11 is 0. The van der Waals surface area contributed by atoms with Crippen LogP contribution in [0.5, 0.6) is 0 Å². The molecule has 0 aliphatic heterocycles. The molecule has 1 N–H and O–H groups in total. The zero-order chi connectivity index (χ0) is 8.54. The molecule has 0 bridgehead atoms. The number of hydrogen-bond acceptors (Lipinski definition) is 2. The van der Waals surface area contributed by atoms with Gasteiger partial charge in [0.25, 0.3) is 0 Å². The minimum Gasteiger partial charge on any atom is -0.213 e. The SMILES string of the molecule is CC1(NS(C)(=O)=O)CC=CC1. The molecule has 0 fully saturated rings. The summed E-state index contributed by atoms with van der Waals surface area (Å²) < 4.78 is 24.3. The van der Waals surface area contributed by atoms with Crippen LogP contribution in [-0.2, 0) is 10.0 Å². The van der Waals surface area contributed by atoms with E-state index in [1.165, 1.54) is 6.26 Å². The maximum absolute atomic E-state index is 10.9. The Bertz CT molecular complexity index is 258. The first-order valence-electron chi connectivity index (χ1n) is 3.55. The summed E-state index contributed by atoms with van der Waals surface area (Å²) in [6, 6.07) is 0. The lowest BCUT2D eigenvalue weighted by Gasteiger charge is -2.23. The van der Waals surface area contributed by atoms with Crippen LogP contribution in [0.2, 0.25) is 0 Å². The molecule has 0 heterocycles. The van der Waals surface area contributed by atoms with Crippen LogP contribution in [0.15, 0.2) is 12.2 Å². The van der Waals surface area contributed by atoms with Crippen molar-refractivity contribution in [3.63, 3.8) is 0 Å². The van der Waals surface area contributed by atoms with Crippen LogP contribution in [0.25, 0.3) is 0 Å². The summed E-state index contributed by atoms with van der Waals surface area (Å²) in [4.78, 5) is 0. The molecule has 0 aromatic rings. The van der Waals surface area contributed by atoms with E-state index in [-0.39, 0.29) is 5.54 Å². The third kappa shape index (κ3) is 2.63. The molecule has 0 saturated carbocycles. The van der Waals surface area contributed by atoms with E-state index in [0.29, 0.717) is 0 Å². The molecular weight excluding hydrogens is 162 g/mol. The fourth-order valence-corrected chi connectivity index (χ4v) is 2.36. The highest BCUT2D eigenvalue weighted by atomic mass is 32.2. The highest BCUT2D eigenvalue weighted by Crippen LogP contribution is 2.22. The van der Waals surface area contributed by atoms with E-state index in [2.05, 4.69) is 4.72 Å². The van der Waals surface area contributed by atoms with Gasteiger partial charge in [0.1, 0.15) is 0 Å². The molecule has 11 heavy (non-hydrogen) atoms. The highest BCUT2D eigenvalue weighted by molar-refractivity contribution is 7.88. The Hall–Kier alpha value is -0.350. The number of sulfonamides is 1. The van der Waals surface area contributed by atoms with E-state index in [1.807, 2.05) is 19.1 Å². The fraction of sp³-hybridized carbons (Fsp3) is 0.714. The molecule has 0 spiro atoms. The van der Waals surface area contributed by atoms with Crippen molar-refractivity contribution < 1.29 is 8.42 Å². The Kier molecular flexibility index (Phi) is 2.07. The number of nitrogens with one attached hydrogen (secondary N) is 1. The molecule has 64 valence electrons. The average Bonchev–Trinajstić information content (AvgIpc) is 2.09. The van der Waals surface area contributed by atoms with Crippen molar-refractivity contribution in [2.75, 3.05) is 6.26 Å². The first-order chi connectivity index (χ1) is 4.91. The van der Waals surface area contributed by atoms with Crippen molar-refractivity contribution in [2.45, 2.75) is 25.3 Å². The van der Waals surface area contributed by atoms with Crippen molar-refractivity contribution in [3.8, 4) is 0 Å². The van der Waals surface area contributed by atoms with E-state index < -0.39 is 10.0 Å². The maximum Gasteiger partial charge on any atom is 0.209 e. The third-order valence-corrected chi connectivity index (χ3v) is 2.60. The molecule has 0 aromatic carbocycles. The Morgan fingerprint density at radius 2 is 1.82 bits per heavy atom. The van der Waals surface area contributed by atoms with Crippen LogP contribution in [0.1, 0.15) is 19.8 Å². The van der Waals surface area contributed by atoms with Crippen LogP contribution < -0.4 is 4.72 Å². The predicted octanol–water partition coefficient (Wildman–Crippen LogP) is 0.644. The molecule has 0 radical (unpaired) electrons. The molecule has 1 aliphatic rings. The zero-order valence-corrected chi connectivity index (χ0v) is 7.61. The second kappa shape index (κ2) is 2.60. The summed E-state index contributed by atoms with van der Waals surface area (Å²) in [6.07, 6.45) is 6.77. The molecular formula is C7H13NO2S. The lowest BCUT2D eigenvalue weighted by atomic mass is 10.0. The van der Waals surface area contributed by atoms with E-state index >= 15 is 0 Å². The van der Waals surface area contributed by atoms with E-state index in [9.17, 15) is 8.42 Å². The van der Waals surface area contributed by atoms with Crippen LogP contribution >= 0.6 is 0 Å². The largest absolute Gasteiger partial charge is 0.213 e. The first kappa shape index (κ1) is 8.74. The highest BCUT2D eigenvalue weighted by Gasteiger charge is 2.27. The first-order valence-corrected chi connectivity index (χ1v) is 5.44. The Morgan fingerprint density at radius 1 is 1.36 bits per heavy atom. The van der Waals surface area contributed by atoms with Gasteiger partial charge in [0.05, 0.1) is 6.26 Å². The molecule has 0 saturated heterocycles. The molecule has 4 heteroatoms. The normalized spacial score (nSPS) is 22.4. The van der Waals surface area contributed by atoms with Crippen molar-refractivity contribution >= 4 is 10.0 Å². The average molecular weight is 175 g/mol. The van der Waals surface area contributed by atoms with Crippen LogP contribution in [0.4, 0.5) is 0 Å². The van der Waals surface area contributed by atoms with Gasteiger partial charge in [-0.1, -0.05) is 12.2 Å². The summed E-state index contributed by atoms with van der Waals surface area (Å²) in [5.74, 6) is 0. The van der Waals surface area contributed by atoms with Gasteiger partial charge >= 0.3 is 0 Å². The second-order valence-corrected chi connectivity index (χ2v) is 5.06. The fourth-order valence-electron chi connectivity index (χ4n) is 1.30. The molecule has 0 atom stereocenters. The molecule has 0 unspecified atom stereocenters. The lowest BCUT2D eigenvalue weighted by Crippen LogP contribution is -2.43. The van der Waals surface area contributed by atoms with E-state index in [1.54, 1.807) is 0 Å². The van der Waals surface area contributed by atoms with Crippen molar-refractivity contribution in [1.82, 2.24) is 4.72 Å². The Morgan fingerprint density at radius 3 is 2.18 bits per heavy atom. The van der Waals surface area contributed by atoms with Gasteiger partial charge in [-0.25, -0.2) is 13.1 Å². The monoisotopic (exact) mass is 175 g/mol. The second-order valence-electron chi connectivity index (χ2n) is 3.31. The van der Waals surface area contributed by atoms with Gasteiger partial charge in [0, 0.05) is 5.54 Å². The van der Waals surface area contributed by atoms with Gasteiger partial charge < -0.3 is 0 Å². The van der Waals surface area contributed by atoms with Gasteiger partial charge in [-0.15, -0.1) is 0 Å². The minimum absolute atomic E-state index is 0.270. The van der Waals surface area contributed by atoms with Crippen LogP contribution in [0.3, 0.4) is 0 Å². The summed E-state index contributed by atoms with van der Waals surface area (Å²) in [5.41, 5.74) is -0.270. The lowest BCUT2D eigenvalue weighted by molar-refractivity contribution is 0.444. The topological polar surface area (TPSA) is 46.2 Å². The van der Waals surface area contributed by atoms with Gasteiger partial charge in [-0.3, -0.25) is 0 Å². The standard InChI is InChI=1S/C7H13NO2S/c1-7(5-3-4-6-7)8-11(2,9)10/h3-4,8H,5-6H2,1-2H3. The quantitative estimate of drug-likeness (QED) is 0.626. The van der Waals surface area contributed by atoms with Gasteiger partial charge in [0.2, 0.25) is 10.0 Å². The number of hydrogen-bond donors (Lipinski definition) is 1. The summed E-state index contributed by atoms with van der Waals surface area (Å²) in [7, 11) is -3.06. The Balaban J connectivity index is 2.63. The van der Waals surface area contributed by atoms with Crippen molar-refractivity contribution in [1.29, 1.82) is 0 Å². The molecule has 0 aromatic heterocycles. The minimum atomic E-state index is -3.06. The Labute approximate surface area is 67.5 Å². The van der Waals surface area contributed by atoms with Crippen molar-refractivity contribution in [3.05, 3.63) is 12.2 Å². The van der Waals surface area contributed by atoms with Crippen LogP contribution in [0, 0.1) is 0 Å². The van der Waals surface area contributed by atoms with E-state index in [0.717, 1.165) is 12.8 Å². The van der Waals surface area contributed by atoms with Gasteiger partial charge in [-0.2, -0.15) is 0 Å². The van der Waals surface area contributed by atoms with Gasteiger partial charge in [-0.05, 0) is 19.8 Å². The maximum atomic E-state index is 10.9. The van der Waals surface area contributed by atoms with Crippen LogP contribution in [-0.4, -0.2) is 20.2 Å². The summed E-state index contributed by atoms with van der Waals surface area (Å²) in [6.45, 7) is 1.91. The van der Waals surface area contributed by atoms with Gasteiger partial charge in [0.15, 0.2) is 0 Å². The third-order valence-electron chi connectivity index (χ3n) is 1.74. The smallest absolute Gasteiger partial charge is 0.209 e. The predicted molar refractivity (Wildman–Crippen MR) is 44.8 cm³/mol. The van der Waals surface area contributed by atoms with Crippen molar-refractivity contribution in [2.24, 2.45) is 0 Å².